The largest absolute Gasteiger partial charge is 0.497 e. The van der Waals surface area contributed by atoms with Gasteiger partial charge in [-0.25, -0.2) is 0 Å². The summed E-state index contributed by atoms with van der Waals surface area (Å²) in [5, 5.41) is 0.144. The van der Waals surface area contributed by atoms with Gasteiger partial charge in [-0.15, -0.1) is 11.6 Å². The van der Waals surface area contributed by atoms with Crippen LogP contribution in [0.15, 0.2) is 24.3 Å². The van der Waals surface area contributed by atoms with Gasteiger partial charge in [-0.2, -0.15) is 0 Å². The molecule has 1 nitrogen and oxygen atoms in total. The predicted octanol–water partition coefficient (Wildman–Crippen LogP) is 4.02. The summed E-state index contributed by atoms with van der Waals surface area (Å²) in [6, 6.07) is 8.07. The van der Waals surface area contributed by atoms with E-state index in [2.05, 4.69) is 26.0 Å². The smallest absolute Gasteiger partial charge is 0.118 e. The van der Waals surface area contributed by atoms with E-state index >= 15 is 0 Å². The number of ether oxygens (including phenoxy) is 1. The van der Waals surface area contributed by atoms with E-state index in [0.29, 0.717) is 11.3 Å². The van der Waals surface area contributed by atoms with Crippen LogP contribution in [0, 0.1) is 11.3 Å². The summed E-state index contributed by atoms with van der Waals surface area (Å²) in [6.45, 7) is 4.55. The van der Waals surface area contributed by atoms with Gasteiger partial charge < -0.3 is 4.74 Å². The summed E-state index contributed by atoms with van der Waals surface area (Å²) >= 11 is 6.44. The molecule has 1 aromatic carbocycles. The fraction of sp³-hybridized carbons (Fsp3) is 0.538. The van der Waals surface area contributed by atoms with Crippen molar-refractivity contribution in [1.82, 2.24) is 0 Å². The number of hydrogen-bond donors (Lipinski definition) is 0. The molecule has 2 rings (SSSR count). The van der Waals surface area contributed by atoms with Crippen molar-refractivity contribution < 1.29 is 4.74 Å². The van der Waals surface area contributed by atoms with Gasteiger partial charge in [0.25, 0.3) is 0 Å². The first-order valence-electron chi connectivity index (χ1n) is 5.32. The molecule has 2 atom stereocenters. The maximum absolute atomic E-state index is 6.44. The summed E-state index contributed by atoms with van der Waals surface area (Å²) in [5.41, 5.74) is 1.62. The van der Waals surface area contributed by atoms with Crippen LogP contribution >= 0.6 is 11.6 Å². The van der Waals surface area contributed by atoms with Crippen molar-refractivity contribution in [3.05, 3.63) is 29.8 Å². The van der Waals surface area contributed by atoms with Crippen LogP contribution in [0.5, 0.6) is 5.75 Å². The van der Waals surface area contributed by atoms with Crippen molar-refractivity contribution in [2.75, 3.05) is 7.11 Å². The van der Waals surface area contributed by atoms with Crippen molar-refractivity contribution in [2.24, 2.45) is 11.3 Å². The van der Waals surface area contributed by atoms with Gasteiger partial charge in [0.2, 0.25) is 0 Å². The minimum absolute atomic E-state index is 0.144. The van der Waals surface area contributed by atoms with Crippen molar-refractivity contribution in [1.29, 1.82) is 0 Å². The summed E-state index contributed by atoms with van der Waals surface area (Å²) in [4.78, 5) is 0. The molecule has 1 saturated carbocycles. The number of hydrogen-bond acceptors (Lipinski definition) is 1. The van der Waals surface area contributed by atoms with E-state index < -0.39 is 0 Å². The van der Waals surface area contributed by atoms with E-state index in [0.717, 1.165) is 5.75 Å². The fourth-order valence-corrected chi connectivity index (χ4v) is 2.60. The van der Waals surface area contributed by atoms with Crippen LogP contribution in [0.2, 0.25) is 0 Å². The zero-order valence-electron chi connectivity index (χ0n) is 9.46. The second-order valence-corrected chi connectivity index (χ2v) is 5.44. The quantitative estimate of drug-likeness (QED) is 0.705. The first kappa shape index (κ1) is 10.8. The third-order valence-corrected chi connectivity index (χ3v) is 3.93. The third kappa shape index (κ3) is 2.12. The maximum atomic E-state index is 6.44. The lowest BCUT2D eigenvalue weighted by atomic mass is 10.0. The van der Waals surface area contributed by atoms with E-state index in [1.807, 2.05) is 12.1 Å². The van der Waals surface area contributed by atoms with Gasteiger partial charge in [0, 0.05) is 0 Å². The molecular formula is C13H17ClO. The highest BCUT2D eigenvalue weighted by atomic mass is 35.5. The fourth-order valence-electron chi connectivity index (χ4n) is 2.03. The number of methoxy groups -OCH3 is 1. The number of rotatable bonds is 3. The molecule has 2 unspecified atom stereocenters. The Bertz CT molecular complexity index is 342. The Kier molecular flexibility index (Phi) is 2.68. The molecule has 0 amide bonds. The van der Waals surface area contributed by atoms with Gasteiger partial charge in [-0.1, -0.05) is 26.0 Å². The minimum atomic E-state index is 0.144. The van der Waals surface area contributed by atoms with E-state index in [4.69, 9.17) is 16.3 Å². The number of halogens is 1. The molecule has 0 spiro atoms. The summed E-state index contributed by atoms with van der Waals surface area (Å²) in [6.07, 6.45) is 1.23. The van der Waals surface area contributed by atoms with Crippen LogP contribution in [0.1, 0.15) is 31.2 Å². The predicted molar refractivity (Wildman–Crippen MR) is 63.5 cm³/mol. The molecule has 0 saturated heterocycles. The molecular weight excluding hydrogens is 208 g/mol. The molecule has 0 N–H and O–H groups in total. The number of alkyl halides is 1. The molecule has 0 heterocycles. The van der Waals surface area contributed by atoms with Crippen molar-refractivity contribution >= 4 is 11.6 Å². The standard InChI is InChI=1S/C13H17ClO/c1-13(2)8-11(13)12(14)9-4-6-10(15-3)7-5-9/h4-7,11-12H,8H2,1-3H3. The molecule has 1 aromatic rings. The highest BCUT2D eigenvalue weighted by Crippen LogP contribution is 2.59. The Morgan fingerprint density at radius 1 is 1.33 bits per heavy atom. The minimum Gasteiger partial charge on any atom is -0.497 e. The van der Waals surface area contributed by atoms with Crippen LogP contribution in [0.3, 0.4) is 0 Å². The summed E-state index contributed by atoms with van der Waals surface area (Å²) < 4.78 is 5.12. The van der Waals surface area contributed by atoms with Crippen LogP contribution in [-0.4, -0.2) is 7.11 Å². The molecule has 0 aromatic heterocycles. The Labute approximate surface area is 96.4 Å². The van der Waals surface area contributed by atoms with Crippen LogP contribution in [-0.2, 0) is 0 Å². The van der Waals surface area contributed by atoms with Crippen LogP contribution in [0.25, 0.3) is 0 Å². The summed E-state index contributed by atoms with van der Waals surface area (Å²) in [7, 11) is 1.68. The van der Waals surface area contributed by atoms with Gasteiger partial charge >= 0.3 is 0 Å². The molecule has 0 radical (unpaired) electrons. The Morgan fingerprint density at radius 2 is 1.87 bits per heavy atom. The molecule has 0 bridgehead atoms. The average Bonchev–Trinajstić information content (AvgIpc) is 2.87. The van der Waals surface area contributed by atoms with E-state index in [1.54, 1.807) is 7.11 Å². The van der Waals surface area contributed by atoms with Crippen LogP contribution < -0.4 is 4.74 Å². The van der Waals surface area contributed by atoms with E-state index in [9.17, 15) is 0 Å². The van der Waals surface area contributed by atoms with Gasteiger partial charge in [-0.3, -0.25) is 0 Å². The molecule has 1 aliphatic carbocycles. The Morgan fingerprint density at radius 3 is 2.27 bits per heavy atom. The third-order valence-electron chi connectivity index (χ3n) is 3.38. The zero-order valence-corrected chi connectivity index (χ0v) is 10.2. The van der Waals surface area contributed by atoms with E-state index in [1.165, 1.54) is 12.0 Å². The molecule has 1 aliphatic rings. The Hall–Kier alpha value is -0.690. The summed E-state index contributed by atoms with van der Waals surface area (Å²) in [5.74, 6) is 1.50. The normalized spacial score (nSPS) is 24.7. The maximum Gasteiger partial charge on any atom is 0.118 e. The van der Waals surface area contributed by atoms with Crippen LogP contribution in [0.4, 0.5) is 0 Å². The zero-order chi connectivity index (χ0) is 11.1. The second-order valence-electron chi connectivity index (χ2n) is 4.97. The second kappa shape index (κ2) is 3.71. The van der Waals surface area contributed by atoms with Gasteiger partial charge in [0.1, 0.15) is 5.75 Å². The molecule has 15 heavy (non-hydrogen) atoms. The van der Waals surface area contributed by atoms with E-state index in [-0.39, 0.29) is 5.38 Å². The van der Waals surface area contributed by atoms with Gasteiger partial charge in [0.15, 0.2) is 0 Å². The first-order valence-corrected chi connectivity index (χ1v) is 5.76. The molecule has 82 valence electrons. The lowest BCUT2D eigenvalue weighted by Crippen LogP contribution is -1.99. The monoisotopic (exact) mass is 224 g/mol. The topological polar surface area (TPSA) is 9.23 Å². The molecule has 0 aliphatic heterocycles. The van der Waals surface area contributed by atoms with Crippen molar-refractivity contribution in [3.8, 4) is 5.75 Å². The lowest BCUT2D eigenvalue weighted by Gasteiger charge is -2.12. The molecule has 1 fully saturated rings. The van der Waals surface area contributed by atoms with Crippen molar-refractivity contribution in [2.45, 2.75) is 25.6 Å². The van der Waals surface area contributed by atoms with Gasteiger partial charge in [-0.05, 0) is 35.4 Å². The highest BCUT2D eigenvalue weighted by molar-refractivity contribution is 6.21. The van der Waals surface area contributed by atoms with Gasteiger partial charge in [0.05, 0.1) is 12.5 Å². The Balaban J connectivity index is 2.10. The molecule has 2 heteroatoms. The lowest BCUT2D eigenvalue weighted by molar-refractivity contribution is 0.414. The highest BCUT2D eigenvalue weighted by Gasteiger charge is 2.49. The SMILES string of the molecule is COc1ccc(C(Cl)C2CC2(C)C)cc1. The van der Waals surface area contributed by atoms with Crippen molar-refractivity contribution in [3.63, 3.8) is 0 Å². The number of benzene rings is 1. The first-order chi connectivity index (χ1) is 7.04. The average molecular weight is 225 g/mol.